The molecule has 0 fully saturated rings. The van der Waals surface area contributed by atoms with E-state index in [2.05, 4.69) is 21.7 Å². The number of hydrogen-bond donors (Lipinski definition) is 2. The van der Waals surface area contributed by atoms with Crippen molar-refractivity contribution in [1.82, 2.24) is 15.2 Å². The lowest BCUT2D eigenvalue weighted by molar-refractivity contribution is 0.0736. The molecule has 0 saturated carbocycles. The van der Waals surface area contributed by atoms with E-state index in [1.165, 1.54) is 11.3 Å². The third-order valence-corrected chi connectivity index (χ3v) is 5.13. The Hall–Kier alpha value is -2.41. The molecule has 2 aromatic rings. The van der Waals surface area contributed by atoms with Crippen LogP contribution in [0, 0.1) is 13.8 Å². The zero-order chi connectivity index (χ0) is 18.8. The van der Waals surface area contributed by atoms with Gasteiger partial charge in [0.15, 0.2) is 5.13 Å². The number of hydrogen-bond acceptors (Lipinski definition) is 4. The van der Waals surface area contributed by atoms with Gasteiger partial charge < -0.3 is 10.2 Å². The van der Waals surface area contributed by atoms with E-state index in [1.807, 2.05) is 44.7 Å². The third-order valence-electron chi connectivity index (χ3n) is 4.13. The molecule has 26 heavy (non-hydrogen) atoms. The first-order chi connectivity index (χ1) is 12.3. The first-order valence-electron chi connectivity index (χ1n) is 8.75. The first kappa shape index (κ1) is 18.4. The largest absolute Gasteiger partial charge is 0.336 e. The van der Waals surface area contributed by atoms with Crippen molar-refractivity contribution in [2.45, 2.75) is 46.7 Å². The van der Waals surface area contributed by atoms with Gasteiger partial charge in [-0.2, -0.15) is 0 Å². The molecule has 3 rings (SSSR count). The Morgan fingerprint density at radius 2 is 1.88 bits per heavy atom. The average molecular weight is 372 g/mol. The van der Waals surface area contributed by atoms with Gasteiger partial charge in [-0.3, -0.25) is 10.1 Å². The van der Waals surface area contributed by atoms with Crippen LogP contribution in [0.25, 0.3) is 0 Å². The fourth-order valence-corrected chi connectivity index (χ4v) is 4.12. The predicted molar refractivity (Wildman–Crippen MR) is 104 cm³/mol. The number of urea groups is 1. The van der Waals surface area contributed by atoms with Gasteiger partial charge in [0.1, 0.15) is 0 Å². The number of aryl methyl sites for hydroxylation is 2. The summed E-state index contributed by atoms with van der Waals surface area (Å²) in [6, 6.07) is 5.74. The van der Waals surface area contributed by atoms with Crippen molar-refractivity contribution in [2.24, 2.45) is 0 Å². The van der Waals surface area contributed by atoms with Crippen LogP contribution in [-0.4, -0.2) is 34.4 Å². The second-order valence-corrected chi connectivity index (χ2v) is 8.08. The Labute approximate surface area is 157 Å². The highest BCUT2D eigenvalue weighted by Gasteiger charge is 2.25. The molecular weight excluding hydrogens is 348 g/mol. The normalized spacial score (nSPS) is 13.5. The van der Waals surface area contributed by atoms with Crippen LogP contribution in [0.2, 0.25) is 0 Å². The maximum Gasteiger partial charge on any atom is 0.321 e. The van der Waals surface area contributed by atoms with Gasteiger partial charge in [0.25, 0.3) is 5.91 Å². The molecule has 2 heterocycles. The maximum absolute atomic E-state index is 12.9. The van der Waals surface area contributed by atoms with E-state index < -0.39 is 0 Å². The van der Waals surface area contributed by atoms with Crippen LogP contribution in [-0.2, 0) is 13.0 Å². The van der Waals surface area contributed by atoms with Crippen LogP contribution in [0.3, 0.4) is 0 Å². The van der Waals surface area contributed by atoms with E-state index in [0.717, 1.165) is 27.3 Å². The van der Waals surface area contributed by atoms with Crippen LogP contribution >= 0.6 is 11.3 Å². The van der Waals surface area contributed by atoms with E-state index >= 15 is 0 Å². The Balaban J connectivity index is 1.71. The molecule has 6 nitrogen and oxygen atoms in total. The molecule has 1 aromatic heterocycles. The smallest absolute Gasteiger partial charge is 0.321 e. The number of carbonyl (C=O) groups is 2. The summed E-state index contributed by atoms with van der Waals surface area (Å²) in [7, 11) is 0. The highest BCUT2D eigenvalue weighted by Crippen LogP contribution is 2.29. The van der Waals surface area contributed by atoms with Crippen molar-refractivity contribution in [2.75, 3.05) is 11.9 Å². The molecule has 1 aromatic carbocycles. The van der Waals surface area contributed by atoms with Crippen molar-refractivity contribution in [3.63, 3.8) is 0 Å². The topological polar surface area (TPSA) is 74.3 Å². The molecule has 1 aliphatic rings. The molecule has 0 atom stereocenters. The van der Waals surface area contributed by atoms with Gasteiger partial charge in [-0.05, 0) is 39.8 Å². The van der Waals surface area contributed by atoms with Crippen LogP contribution in [0.1, 0.15) is 45.9 Å². The Kier molecular flexibility index (Phi) is 5.27. The van der Waals surface area contributed by atoms with Crippen LogP contribution in [0.4, 0.5) is 9.93 Å². The van der Waals surface area contributed by atoms with Gasteiger partial charge in [-0.25, -0.2) is 9.78 Å². The van der Waals surface area contributed by atoms with Crippen molar-refractivity contribution >= 4 is 28.4 Å². The molecule has 7 heteroatoms. The van der Waals surface area contributed by atoms with Gasteiger partial charge >= 0.3 is 6.03 Å². The standard InChI is InChI=1S/C19H24N4O2S/c1-11(2)20-18(25)22-19-21-15-5-6-23(10-16(15)26-19)17(24)14-8-12(3)7-13(4)9-14/h7-9,11H,5-6,10H2,1-4H3,(H2,20,21,22,25). The van der Waals surface area contributed by atoms with E-state index in [9.17, 15) is 9.59 Å². The summed E-state index contributed by atoms with van der Waals surface area (Å²) in [5.41, 5.74) is 3.88. The molecule has 0 saturated heterocycles. The van der Waals surface area contributed by atoms with Crippen molar-refractivity contribution in [3.05, 3.63) is 45.5 Å². The molecule has 0 spiro atoms. The summed E-state index contributed by atoms with van der Waals surface area (Å²) < 4.78 is 0. The maximum atomic E-state index is 12.9. The third kappa shape index (κ3) is 4.22. The molecule has 2 N–H and O–H groups in total. The molecular formula is C19H24N4O2S. The van der Waals surface area contributed by atoms with Crippen molar-refractivity contribution in [3.8, 4) is 0 Å². The summed E-state index contributed by atoms with van der Waals surface area (Å²) in [6.07, 6.45) is 0.704. The van der Waals surface area contributed by atoms with Crippen LogP contribution in [0.15, 0.2) is 18.2 Å². The zero-order valence-corrected chi connectivity index (χ0v) is 16.4. The summed E-state index contributed by atoms with van der Waals surface area (Å²) in [6.45, 7) is 8.99. The fraction of sp³-hybridized carbons (Fsp3) is 0.421. The number of benzene rings is 1. The average Bonchev–Trinajstić information content (AvgIpc) is 2.93. The predicted octanol–water partition coefficient (Wildman–Crippen LogP) is 3.49. The van der Waals surface area contributed by atoms with Gasteiger partial charge in [0.05, 0.1) is 12.2 Å². The summed E-state index contributed by atoms with van der Waals surface area (Å²) in [5.74, 6) is 0.0444. The van der Waals surface area contributed by atoms with E-state index in [0.29, 0.717) is 24.6 Å². The molecule has 0 bridgehead atoms. The first-order valence-corrected chi connectivity index (χ1v) is 9.57. The number of carbonyl (C=O) groups excluding carboxylic acids is 2. The lowest BCUT2D eigenvalue weighted by Gasteiger charge is -2.26. The van der Waals surface area contributed by atoms with E-state index in [-0.39, 0.29) is 18.0 Å². The van der Waals surface area contributed by atoms with E-state index in [1.54, 1.807) is 0 Å². The van der Waals surface area contributed by atoms with Crippen molar-refractivity contribution < 1.29 is 9.59 Å². The number of amides is 3. The van der Waals surface area contributed by atoms with Crippen LogP contribution in [0.5, 0.6) is 0 Å². The minimum atomic E-state index is -0.255. The van der Waals surface area contributed by atoms with Crippen molar-refractivity contribution in [1.29, 1.82) is 0 Å². The SMILES string of the molecule is Cc1cc(C)cc(C(=O)N2CCc3nc(NC(=O)NC(C)C)sc3C2)c1. The highest BCUT2D eigenvalue weighted by atomic mass is 32.1. The number of fused-ring (bicyclic) bond motifs is 1. The summed E-state index contributed by atoms with van der Waals surface area (Å²) >= 11 is 1.44. The van der Waals surface area contributed by atoms with Gasteiger partial charge in [-0.15, -0.1) is 0 Å². The fourth-order valence-electron chi connectivity index (χ4n) is 3.10. The van der Waals surface area contributed by atoms with Gasteiger partial charge in [0.2, 0.25) is 0 Å². The molecule has 3 amide bonds. The number of anilines is 1. The summed E-state index contributed by atoms with van der Waals surface area (Å²) in [5, 5.41) is 6.14. The molecule has 138 valence electrons. The lowest BCUT2D eigenvalue weighted by Crippen LogP contribution is -2.35. The number of nitrogens with one attached hydrogen (secondary N) is 2. The second kappa shape index (κ2) is 7.45. The Morgan fingerprint density at radius 1 is 1.19 bits per heavy atom. The molecule has 0 unspecified atom stereocenters. The number of nitrogens with zero attached hydrogens (tertiary/aromatic N) is 2. The zero-order valence-electron chi connectivity index (χ0n) is 15.5. The molecule has 0 aliphatic carbocycles. The second-order valence-electron chi connectivity index (χ2n) is 7.00. The lowest BCUT2D eigenvalue weighted by atomic mass is 10.1. The molecule has 1 aliphatic heterocycles. The van der Waals surface area contributed by atoms with Crippen LogP contribution < -0.4 is 10.6 Å². The quantitative estimate of drug-likeness (QED) is 0.866. The number of rotatable bonds is 3. The summed E-state index contributed by atoms with van der Waals surface area (Å²) in [4.78, 5) is 32.1. The highest BCUT2D eigenvalue weighted by molar-refractivity contribution is 7.15. The monoisotopic (exact) mass is 372 g/mol. The van der Waals surface area contributed by atoms with Gasteiger partial charge in [0, 0.05) is 29.4 Å². The minimum Gasteiger partial charge on any atom is -0.336 e. The molecule has 0 radical (unpaired) electrons. The Morgan fingerprint density at radius 3 is 2.54 bits per heavy atom. The van der Waals surface area contributed by atoms with E-state index in [4.69, 9.17) is 0 Å². The minimum absolute atomic E-state index is 0.0444. The Bertz CT molecular complexity index is 824. The van der Waals surface area contributed by atoms with Gasteiger partial charge in [-0.1, -0.05) is 28.5 Å². The number of aromatic nitrogens is 1. The number of thiazole rings is 1.